The summed E-state index contributed by atoms with van der Waals surface area (Å²) in [5.41, 5.74) is -0.407. The molecule has 0 aromatic carbocycles. The van der Waals surface area contributed by atoms with Crippen LogP contribution in [0.1, 0.15) is 16.8 Å². The summed E-state index contributed by atoms with van der Waals surface area (Å²) in [6.07, 6.45) is -3.38. The predicted molar refractivity (Wildman–Crippen MR) is 66.7 cm³/mol. The van der Waals surface area contributed by atoms with Gasteiger partial charge in [-0.3, -0.25) is 4.98 Å². The van der Waals surface area contributed by atoms with E-state index in [4.69, 9.17) is 5.11 Å². The third-order valence-corrected chi connectivity index (χ3v) is 2.69. The van der Waals surface area contributed by atoms with Crippen LogP contribution < -0.4 is 5.32 Å². The summed E-state index contributed by atoms with van der Waals surface area (Å²) in [5.74, 6) is -0.586. The van der Waals surface area contributed by atoms with Gasteiger partial charge in [0.25, 0.3) is 0 Å². The van der Waals surface area contributed by atoms with Crippen LogP contribution in [0.3, 0.4) is 0 Å². The van der Waals surface area contributed by atoms with Crippen molar-refractivity contribution in [2.24, 2.45) is 0 Å². The molecule has 112 valence electrons. The Morgan fingerprint density at radius 1 is 1.14 bits per heavy atom. The maximum absolute atomic E-state index is 13.3. The van der Waals surface area contributed by atoms with Gasteiger partial charge >= 0.3 is 6.18 Å². The first-order chi connectivity index (χ1) is 9.90. The van der Waals surface area contributed by atoms with Gasteiger partial charge in [-0.05, 0) is 23.8 Å². The van der Waals surface area contributed by atoms with Crippen LogP contribution in [0.5, 0.6) is 0 Å². The Bertz CT molecular complexity index is 614. The molecule has 0 fully saturated rings. The summed E-state index contributed by atoms with van der Waals surface area (Å²) in [6, 6.07) is 4.99. The molecule has 21 heavy (non-hydrogen) atoms. The summed E-state index contributed by atoms with van der Waals surface area (Å²) >= 11 is 0. The molecule has 2 heterocycles. The van der Waals surface area contributed by atoms with Gasteiger partial charge in [0.2, 0.25) is 5.95 Å². The fraction of sp³-hybridized carbons (Fsp3) is 0.231. The Morgan fingerprint density at radius 3 is 2.43 bits per heavy atom. The fourth-order valence-electron chi connectivity index (χ4n) is 1.57. The molecular formula is C13H11F4N3O. The molecule has 0 saturated carbocycles. The normalized spacial score (nSPS) is 11.5. The van der Waals surface area contributed by atoms with Crippen LogP contribution in [-0.2, 0) is 19.3 Å². The molecule has 0 aliphatic rings. The van der Waals surface area contributed by atoms with Crippen LogP contribution in [0.15, 0.2) is 30.5 Å². The molecule has 0 spiro atoms. The molecule has 0 amide bonds. The van der Waals surface area contributed by atoms with Crippen molar-refractivity contribution in [2.75, 3.05) is 5.32 Å². The van der Waals surface area contributed by atoms with E-state index in [1.165, 1.54) is 18.2 Å². The lowest BCUT2D eigenvalue weighted by Gasteiger charge is -2.08. The van der Waals surface area contributed by atoms with E-state index in [0.29, 0.717) is 5.56 Å². The average molecular weight is 301 g/mol. The van der Waals surface area contributed by atoms with E-state index in [1.54, 1.807) is 0 Å². The van der Waals surface area contributed by atoms with Crippen LogP contribution in [-0.4, -0.2) is 15.1 Å². The smallest absolute Gasteiger partial charge is 0.392 e. The van der Waals surface area contributed by atoms with Gasteiger partial charge in [0.1, 0.15) is 11.5 Å². The van der Waals surface area contributed by atoms with Crippen molar-refractivity contribution in [2.45, 2.75) is 19.3 Å². The predicted octanol–water partition coefficient (Wildman–Crippen LogP) is 2.74. The number of aromatic nitrogens is 2. The first-order valence-electron chi connectivity index (χ1n) is 5.92. The molecule has 0 bridgehead atoms. The number of aliphatic hydroxyl groups is 1. The fourth-order valence-corrected chi connectivity index (χ4v) is 1.57. The zero-order valence-electron chi connectivity index (χ0n) is 10.7. The van der Waals surface area contributed by atoms with Gasteiger partial charge in [-0.25, -0.2) is 4.98 Å². The second kappa shape index (κ2) is 6.04. The van der Waals surface area contributed by atoms with Crippen molar-refractivity contribution in [1.29, 1.82) is 0 Å². The number of aliphatic hydroxyl groups excluding tert-OH is 1. The van der Waals surface area contributed by atoms with Crippen LogP contribution in [0.2, 0.25) is 0 Å². The van der Waals surface area contributed by atoms with Crippen LogP contribution in [0.4, 0.5) is 23.4 Å². The molecule has 8 heteroatoms. The third-order valence-electron chi connectivity index (χ3n) is 2.69. The van der Waals surface area contributed by atoms with Crippen molar-refractivity contribution in [3.63, 3.8) is 0 Å². The van der Waals surface area contributed by atoms with Crippen LogP contribution in [0.25, 0.3) is 0 Å². The number of rotatable bonds is 4. The number of hydrogen-bond donors (Lipinski definition) is 2. The molecule has 0 aliphatic carbocycles. The summed E-state index contributed by atoms with van der Waals surface area (Å²) < 4.78 is 50.3. The Labute approximate surface area is 117 Å². The van der Waals surface area contributed by atoms with E-state index in [1.807, 2.05) is 0 Å². The molecule has 0 unspecified atom stereocenters. The zero-order chi connectivity index (χ0) is 15.5. The minimum atomic E-state index is -4.48. The number of halogens is 4. The van der Waals surface area contributed by atoms with E-state index in [2.05, 4.69) is 15.3 Å². The lowest BCUT2D eigenvalue weighted by Crippen LogP contribution is -2.09. The topological polar surface area (TPSA) is 58.0 Å². The summed E-state index contributed by atoms with van der Waals surface area (Å²) in [4.78, 5) is 6.89. The van der Waals surface area contributed by atoms with Crippen molar-refractivity contribution in [3.8, 4) is 0 Å². The Hall–Kier alpha value is -2.22. The highest BCUT2D eigenvalue weighted by Gasteiger charge is 2.31. The second-order valence-corrected chi connectivity index (χ2v) is 4.21. The molecule has 0 atom stereocenters. The standard InChI is InChI=1S/C13H11F4N3O/c14-12-9(7-21)2-4-11(20-12)19-6-8-1-3-10(18-5-8)13(15,16)17/h1-5,21H,6-7H2,(H,19,20). The highest BCUT2D eigenvalue weighted by atomic mass is 19.4. The highest BCUT2D eigenvalue weighted by Crippen LogP contribution is 2.27. The molecule has 2 aromatic rings. The van der Waals surface area contributed by atoms with Crippen molar-refractivity contribution < 1.29 is 22.7 Å². The Balaban J connectivity index is 2.01. The molecule has 2 aromatic heterocycles. The van der Waals surface area contributed by atoms with E-state index in [0.717, 1.165) is 12.3 Å². The molecule has 0 radical (unpaired) electrons. The number of nitrogens with zero attached hydrogens (tertiary/aromatic N) is 2. The van der Waals surface area contributed by atoms with Crippen LogP contribution >= 0.6 is 0 Å². The van der Waals surface area contributed by atoms with E-state index in [-0.39, 0.29) is 17.9 Å². The van der Waals surface area contributed by atoms with Crippen molar-refractivity contribution in [1.82, 2.24) is 9.97 Å². The average Bonchev–Trinajstić information content (AvgIpc) is 2.45. The minimum absolute atomic E-state index is 0.0664. The van der Waals surface area contributed by atoms with E-state index >= 15 is 0 Å². The summed E-state index contributed by atoms with van der Waals surface area (Å²) in [5, 5.41) is 11.6. The summed E-state index contributed by atoms with van der Waals surface area (Å²) in [6.45, 7) is -0.308. The highest BCUT2D eigenvalue weighted by molar-refractivity contribution is 5.37. The number of pyridine rings is 2. The number of anilines is 1. The van der Waals surface area contributed by atoms with Gasteiger partial charge in [0.05, 0.1) is 6.61 Å². The lowest BCUT2D eigenvalue weighted by molar-refractivity contribution is -0.141. The van der Waals surface area contributed by atoms with E-state index in [9.17, 15) is 17.6 Å². The van der Waals surface area contributed by atoms with Gasteiger partial charge in [0, 0.05) is 18.3 Å². The first kappa shape index (κ1) is 15.2. The lowest BCUT2D eigenvalue weighted by atomic mass is 10.2. The molecule has 0 saturated heterocycles. The number of alkyl halides is 3. The van der Waals surface area contributed by atoms with Gasteiger partial charge < -0.3 is 10.4 Å². The second-order valence-electron chi connectivity index (χ2n) is 4.21. The summed E-state index contributed by atoms with van der Waals surface area (Å²) in [7, 11) is 0. The maximum Gasteiger partial charge on any atom is 0.433 e. The quantitative estimate of drug-likeness (QED) is 0.673. The maximum atomic E-state index is 13.3. The van der Waals surface area contributed by atoms with E-state index < -0.39 is 24.4 Å². The molecular weight excluding hydrogens is 290 g/mol. The SMILES string of the molecule is OCc1ccc(NCc2ccc(C(F)(F)F)nc2)nc1F. The van der Waals surface area contributed by atoms with Crippen molar-refractivity contribution in [3.05, 3.63) is 53.2 Å². The van der Waals surface area contributed by atoms with Gasteiger partial charge in [-0.2, -0.15) is 17.6 Å². The molecule has 0 aliphatic heterocycles. The molecule has 2 rings (SSSR count). The van der Waals surface area contributed by atoms with Gasteiger partial charge in [-0.15, -0.1) is 0 Å². The largest absolute Gasteiger partial charge is 0.433 e. The number of nitrogens with one attached hydrogen (secondary N) is 1. The monoisotopic (exact) mass is 301 g/mol. The minimum Gasteiger partial charge on any atom is -0.392 e. The number of hydrogen-bond acceptors (Lipinski definition) is 4. The Morgan fingerprint density at radius 2 is 1.90 bits per heavy atom. The van der Waals surface area contributed by atoms with Gasteiger partial charge in [0.15, 0.2) is 0 Å². The van der Waals surface area contributed by atoms with Crippen molar-refractivity contribution >= 4 is 5.82 Å². The molecule has 4 nitrogen and oxygen atoms in total. The zero-order valence-corrected chi connectivity index (χ0v) is 10.7. The third kappa shape index (κ3) is 3.88. The van der Waals surface area contributed by atoms with Crippen LogP contribution in [0, 0.1) is 5.95 Å². The van der Waals surface area contributed by atoms with Gasteiger partial charge in [-0.1, -0.05) is 6.07 Å². The Kier molecular flexibility index (Phi) is 4.37. The molecule has 2 N–H and O–H groups in total. The first-order valence-corrected chi connectivity index (χ1v) is 5.92.